The maximum absolute atomic E-state index is 12.9. The van der Waals surface area contributed by atoms with Crippen molar-refractivity contribution in [2.24, 2.45) is 5.73 Å². The number of aryl methyl sites for hydroxylation is 1. The van der Waals surface area contributed by atoms with Crippen molar-refractivity contribution in [1.82, 2.24) is 9.78 Å². The number of hydrogen-bond donors (Lipinski definition) is 1. The van der Waals surface area contributed by atoms with Crippen molar-refractivity contribution in [1.29, 1.82) is 0 Å². The Kier molecular flexibility index (Phi) is 3.59. The quantitative estimate of drug-likeness (QED) is 0.946. The topological polar surface area (TPSA) is 43.8 Å². The summed E-state index contributed by atoms with van der Waals surface area (Å²) in [5, 5.41) is 4.36. The molecule has 17 heavy (non-hydrogen) atoms. The lowest BCUT2D eigenvalue weighted by atomic mass is 10.2. The van der Waals surface area contributed by atoms with Crippen LogP contribution in [0.3, 0.4) is 0 Å². The van der Waals surface area contributed by atoms with Crippen LogP contribution in [-0.2, 0) is 13.1 Å². The van der Waals surface area contributed by atoms with Crippen LogP contribution < -0.4 is 5.73 Å². The van der Waals surface area contributed by atoms with Gasteiger partial charge in [-0.05, 0) is 24.6 Å². The number of aromatic nitrogens is 2. The SMILES string of the molecule is Cc1nn(Cc2ccc(F)cc2Br)cc1CN. The predicted octanol–water partition coefficient (Wildman–Crippen LogP) is 2.60. The van der Waals surface area contributed by atoms with Crippen LogP contribution in [0.1, 0.15) is 16.8 Å². The van der Waals surface area contributed by atoms with Gasteiger partial charge in [0.2, 0.25) is 0 Å². The minimum absolute atomic E-state index is 0.250. The molecule has 3 nitrogen and oxygen atoms in total. The normalized spacial score (nSPS) is 10.8. The third-order valence-electron chi connectivity index (χ3n) is 2.62. The molecule has 2 rings (SSSR count). The molecule has 5 heteroatoms. The van der Waals surface area contributed by atoms with E-state index in [0.29, 0.717) is 13.1 Å². The Morgan fingerprint density at radius 2 is 2.18 bits per heavy atom. The van der Waals surface area contributed by atoms with E-state index in [2.05, 4.69) is 21.0 Å². The monoisotopic (exact) mass is 297 g/mol. The van der Waals surface area contributed by atoms with Crippen LogP contribution in [-0.4, -0.2) is 9.78 Å². The molecule has 1 aromatic carbocycles. The molecule has 0 atom stereocenters. The summed E-state index contributed by atoms with van der Waals surface area (Å²) in [6.45, 7) is 3.01. The number of halogens is 2. The Labute approximate surface area is 108 Å². The zero-order chi connectivity index (χ0) is 12.4. The van der Waals surface area contributed by atoms with Crippen molar-refractivity contribution in [2.45, 2.75) is 20.0 Å². The van der Waals surface area contributed by atoms with Gasteiger partial charge in [0.1, 0.15) is 5.82 Å². The minimum atomic E-state index is -0.250. The fourth-order valence-corrected chi connectivity index (χ4v) is 2.14. The molecule has 0 amide bonds. The van der Waals surface area contributed by atoms with Gasteiger partial charge in [-0.3, -0.25) is 4.68 Å². The molecule has 0 radical (unpaired) electrons. The van der Waals surface area contributed by atoms with Gasteiger partial charge in [0.05, 0.1) is 12.2 Å². The van der Waals surface area contributed by atoms with Crippen LogP contribution in [0.15, 0.2) is 28.9 Å². The fourth-order valence-electron chi connectivity index (χ4n) is 1.66. The summed E-state index contributed by atoms with van der Waals surface area (Å²) in [5.41, 5.74) is 8.55. The van der Waals surface area contributed by atoms with Crippen LogP contribution >= 0.6 is 15.9 Å². The number of nitrogens with zero attached hydrogens (tertiary/aromatic N) is 2. The lowest BCUT2D eigenvalue weighted by molar-refractivity contribution is 0.622. The van der Waals surface area contributed by atoms with E-state index in [1.165, 1.54) is 12.1 Å². The second-order valence-corrected chi connectivity index (χ2v) is 4.73. The van der Waals surface area contributed by atoms with E-state index in [0.717, 1.165) is 21.3 Å². The van der Waals surface area contributed by atoms with Gasteiger partial charge in [0.25, 0.3) is 0 Å². The molecule has 1 aromatic heterocycles. The smallest absolute Gasteiger partial charge is 0.124 e. The molecule has 2 aromatic rings. The summed E-state index contributed by atoms with van der Waals surface area (Å²) in [6.07, 6.45) is 1.92. The van der Waals surface area contributed by atoms with Crippen LogP contribution in [0.25, 0.3) is 0 Å². The Morgan fingerprint density at radius 1 is 1.41 bits per heavy atom. The van der Waals surface area contributed by atoms with E-state index >= 15 is 0 Å². The maximum Gasteiger partial charge on any atom is 0.124 e. The molecule has 0 fully saturated rings. The molecule has 0 aliphatic rings. The van der Waals surface area contributed by atoms with Crippen LogP contribution in [0.2, 0.25) is 0 Å². The Hall–Kier alpha value is -1.20. The zero-order valence-electron chi connectivity index (χ0n) is 9.45. The number of hydrogen-bond acceptors (Lipinski definition) is 2. The fraction of sp³-hybridized carbons (Fsp3) is 0.250. The van der Waals surface area contributed by atoms with E-state index in [9.17, 15) is 4.39 Å². The van der Waals surface area contributed by atoms with E-state index in [1.54, 1.807) is 6.07 Å². The first-order chi connectivity index (χ1) is 8.10. The molecule has 0 aliphatic carbocycles. The molecule has 1 heterocycles. The molecule has 0 bridgehead atoms. The summed E-state index contributed by atoms with van der Waals surface area (Å²) in [6, 6.07) is 4.65. The van der Waals surface area contributed by atoms with Crippen LogP contribution in [0.5, 0.6) is 0 Å². The van der Waals surface area contributed by atoms with Gasteiger partial charge in [-0.15, -0.1) is 0 Å². The van der Waals surface area contributed by atoms with Crippen molar-refractivity contribution in [3.05, 3.63) is 51.5 Å². The summed E-state index contributed by atoms with van der Waals surface area (Å²) in [5.74, 6) is -0.250. The zero-order valence-corrected chi connectivity index (χ0v) is 11.0. The molecule has 90 valence electrons. The highest BCUT2D eigenvalue weighted by Crippen LogP contribution is 2.19. The first-order valence-corrected chi connectivity index (χ1v) is 6.06. The average molecular weight is 298 g/mol. The average Bonchev–Trinajstić information content (AvgIpc) is 2.63. The highest BCUT2D eigenvalue weighted by Gasteiger charge is 2.06. The molecular formula is C12H13BrFN3. The third kappa shape index (κ3) is 2.73. The van der Waals surface area contributed by atoms with Crippen LogP contribution in [0, 0.1) is 12.7 Å². The van der Waals surface area contributed by atoms with Gasteiger partial charge in [0.15, 0.2) is 0 Å². The van der Waals surface area contributed by atoms with Crippen molar-refractivity contribution in [2.75, 3.05) is 0 Å². The molecule has 0 saturated heterocycles. The number of rotatable bonds is 3. The van der Waals surface area contributed by atoms with E-state index < -0.39 is 0 Å². The lowest BCUT2D eigenvalue weighted by Gasteiger charge is -2.04. The summed E-state index contributed by atoms with van der Waals surface area (Å²) < 4.78 is 15.5. The van der Waals surface area contributed by atoms with E-state index in [1.807, 2.05) is 17.8 Å². The third-order valence-corrected chi connectivity index (χ3v) is 3.35. The summed E-state index contributed by atoms with van der Waals surface area (Å²) in [4.78, 5) is 0. The Balaban J connectivity index is 2.25. The Morgan fingerprint density at radius 3 is 2.76 bits per heavy atom. The number of benzene rings is 1. The lowest BCUT2D eigenvalue weighted by Crippen LogP contribution is -2.01. The van der Waals surface area contributed by atoms with Gasteiger partial charge >= 0.3 is 0 Å². The highest BCUT2D eigenvalue weighted by atomic mass is 79.9. The van der Waals surface area contributed by atoms with Gasteiger partial charge in [0, 0.05) is 22.8 Å². The number of nitrogens with two attached hydrogens (primary N) is 1. The van der Waals surface area contributed by atoms with Gasteiger partial charge < -0.3 is 5.73 Å². The standard InChI is InChI=1S/C12H13BrFN3/c1-8-10(5-15)7-17(16-8)6-9-2-3-11(14)4-12(9)13/h2-4,7H,5-6,15H2,1H3. The molecule has 0 saturated carbocycles. The largest absolute Gasteiger partial charge is 0.326 e. The van der Waals surface area contributed by atoms with Crippen LogP contribution in [0.4, 0.5) is 4.39 Å². The molecule has 0 spiro atoms. The minimum Gasteiger partial charge on any atom is -0.326 e. The van der Waals surface area contributed by atoms with Crippen molar-refractivity contribution < 1.29 is 4.39 Å². The van der Waals surface area contributed by atoms with Crippen molar-refractivity contribution in [3.8, 4) is 0 Å². The van der Waals surface area contributed by atoms with E-state index in [4.69, 9.17) is 5.73 Å². The summed E-state index contributed by atoms with van der Waals surface area (Å²) in [7, 11) is 0. The van der Waals surface area contributed by atoms with Gasteiger partial charge in [-0.25, -0.2) is 4.39 Å². The predicted molar refractivity (Wildman–Crippen MR) is 68.1 cm³/mol. The molecule has 2 N–H and O–H groups in total. The van der Waals surface area contributed by atoms with Crippen molar-refractivity contribution in [3.63, 3.8) is 0 Å². The first-order valence-electron chi connectivity index (χ1n) is 5.27. The van der Waals surface area contributed by atoms with Gasteiger partial charge in [-0.2, -0.15) is 5.10 Å². The Bertz CT molecular complexity index is 537. The summed E-state index contributed by atoms with van der Waals surface area (Å²) >= 11 is 3.34. The molecular weight excluding hydrogens is 285 g/mol. The second-order valence-electron chi connectivity index (χ2n) is 3.88. The highest BCUT2D eigenvalue weighted by molar-refractivity contribution is 9.10. The van der Waals surface area contributed by atoms with Gasteiger partial charge in [-0.1, -0.05) is 22.0 Å². The van der Waals surface area contributed by atoms with Crippen molar-refractivity contribution >= 4 is 15.9 Å². The second kappa shape index (κ2) is 4.98. The maximum atomic E-state index is 12.9. The molecule has 0 unspecified atom stereocenters. The van der Waals surface area contributed by atoms with E-state index in [-0.39, 0.29) is 5.82 Å². The molecule has 0 aliphatic heterocycles. The first kappa shape index (κ1) is 12.3.